The van der Waals surface area contributed by atoms with Crippen LogP contribution < -0.4 is 10.6 Å². The molecule has 0 spiro atoms. The Kier molecular flexibility index (Phi) is 5.25. The minimum Gasteiger partial charge on any atom is -0.444 e. The zero-order valence-electron chi connectivity index (χ0n) is 11.5. The third kappa shape index (κ3) is 5.39. The molecule has 1 aliphatic heterocycles. The first-order valence-corrected chi connectivity index (χ1v) is 6.65. The molecule has 0 saturated carbocycles. The molecule has 17 heavy (non-hydrogen) atoms. The molecule has 0 radical (unpaired) electrons. The van der Waals surface area contributed by atoms with Gasteiger partial charge in [-0.2, -0.15) is 0 Å². The van der Waals surface area contributed by atoms with Gasteiger partial charge in [0.15, 0.2) is 0 Å². The second-order valence-electron chi connectivity index (χ2n) is 5.74. The number of alkyl carbamates (subject to hydrolysis) is 1. The smallest absolute Gasteiger partial charge is 0.407 e. The molecule has 1 rings (SSSR count). The molecule has 0 unspecified atom stereocenters. The van der Waals surface area contributed by atoms with Gasteiger partial charge >= 0.3 is 6.09 Å². The summed E-state index contributed by atoms with van der Waals surface area (Å²) in [5, 5.41) is 6.45. The third-order valence-corrected chi connectivity index (χ3v) is 2.89. The highest BCUT2D eigenvalue weighted by atomic mass is 16.6. The molecule has 1 aliphatic rings. The lowest BCUT2D eigenvalue weighted by Crippen LogP contribution is -2.54. The Morgan fingerprint density at radius 1 is 1.47 bits per heavy atom. The van der Waals surface area contributed by atoms with Crippen LogP contribution >= 0.6 is 0 Å². The van der Waals surface area contributed by atoms with E-state index in [1.807, 2.05) is 20.8 Å². The maximum Gasteiger partial charge on any atom is 0.407 e. The maximum atomic E-state index is 11.7. The molecular formula is C13H26N2O2. The highest BCUT2D eigenvalue weighted by Gasteiger charge is 2.27. The van der Waals surface area contributed by atoms with Crippen molar-refractivity contribution in [2.24, 2.45) is 0 Å². The van der Waals surface area contributed by atoms with Crippen molar-refractivity contribution in [2.45, 2.75) is 71.1 Å². The summed E-state index contributed by atoms with van der Waals surface area (Å²) in [5.41, 5.74) is -0.424. The largest absolute Gasteiger partial charge is 0.444 e. The van der Waals surface area contributed by atoms with Crippen LogP contribution in [0.3, 0.4) is 0 Å². The Bertz CT molecular complexity index is 246. The minimum atomic E-state index is -0.424. The minimum absolute atomic E-state index is 0.207. The molecule has 1 fully saturated rings. The highest BCUT2D eigenvalue weighted by Crippen LogP contribution is 2.14. The average molecular weight is 242 g/mol. The summed E-state index contributed by atoms with van der Waals surface area (Å²) in [6.45, 7) is 8.87. The number of carbonyl (C=O) groups excluding carboxylic acids is 1. The van der Waals surface area contributed by atoms with E-state index in [1.54, 1.807) is 0 Å². The first kappa shape index (κ1) is 14.3. The standard InChI is InChI=1S/C13H26N2O2/c1-5-7-10-11(8-6-9-14-10)15-12(16)17-13(2,3)4/h10-11,14H,5-9H2,1-4H3,(H,15,16)/t10-,11-/m1/s1. The number of carbonyl (C=O) groups is 1. The van der Waals surface area contributed by atoms with Gasteiger partial charge in [0.1, 0.15) is 5.60 Å². The van der Waals surface area contributed by atoms with Crippen molar-refractivity contribution in [1.82, 2.24) is 10.6 Å². The molecule has 0 bridgehead atoms. The van der Waals surface area contributed by atoms with Gasteiger partial charge in [-0.15, -0.1) is 0 Å². The molecule has 4 nitrogen and oxygen atoms in total. The van der Waals surface area contributed by atoms with Crippen LogP contribution in [0.15, 0.2) is 0 Å². The van der Waals surface area contributed by atoms with Gasteiger partial charge in [0.05, 0.1) is 0 Å². The zero-order valence-corrected chi connectivity index (χ0v) is 11.5. The van der Waals surface area contributed by atoms with Crippen molar-refractivity contribution >= 4 is 6.09 Å². The quantitative estimate of drug-likeness (QED) is 0.799. The first-order valence-electron chi connectivity index (χ1n) is 6.65. The van der Waals surface area contributed by atoms with Gasteiger partial charge in [-0.05, 0) is 46.6 Å². The molecule has 0 aromatic carbocycles. The lowest BCUT2D eigenvalue weighted by Gasteiger charge is -2.33. The van der Waals surface area contributed by atoms with Crippen molar-refractivity contribution in [2.75, 3.05) is 6.54 Å². The fraction of sp³-hybridized carbons (Fsp3) is 0.923. The van der Waals surface area contributed by atoms with Gasteiger partial charge in [-0.25, -0.2) is 4.79 Å². The number of nitrogens with one attached hydrogen (secondary N) is 2. The number of rotatable bonds is 3. The molecule has 0 aromatic heterocycles. The summed E-state index contributed by atoms with van der Waals surface area (Å²) in [6.07, 6.45) is 4.08. The lowest BCUT2D eigenvalue weighted by molar-refractivity contribution is 0.0480. The monoisotopic (exact) mass is 242 g/mol. The van der Waals surface area contributed by atoms with Crippen LogP contribution in [-0.2, 0) is 4.74 Å². The molecule has 100 valence electrons. The van der Waals surface area contributed by atoms with E-state index >= 15 is 0 Å². The van der Waals surface area contributed by atoms with Crippen LogP contribution in [-0.4, -0.2) is 30.3 Å². The summed E-state index contributed by atoms with van der Waals surface area (Å²) < 4.78 is 5.29. The zero-order chi connectivity index (χ0) is 12.9. The SMILES string of the molecule is CCC[C@H]1NCCC[C@H]1NC(=O)OC(C)(C)C. The fourth-order valence-corrected chi connectivity index (χ4v) is 2.20. The van der Waals surface area contributed by atoms with Crippen LogP contribution in [0.4, 0.5) is 4.79 Å². The van der Waals surface area contributed by atoms with Gasteiger partial charge < -0.3 is 15.4 Å². The molecule has 1 amide bonds. The van der Waals surface area contributed by atoms with Gasteiger partial charge in [0.25, 0.3) is 0 Å². The Labute approximate surface area is 104 Å². The van der Waals surface area contributed by atoms with E-state index in [9.17, 15) is 4.79 Å². The molecule has 2 N–H and O–H groups in total. The molecule has 4 heteroatoms. The van der Waals surface area contributed by atoms with Gasteiger partial charge in [0.2, 0.25) is 0 Å². The number of hydrogen-bond acceptors (Lipinski definition) is 3. The summed E-state index contributed by atoms with van der Waals surface area (Å²) in [5.74, 6) is 0. The summed E-state index contributed by atoms with van der Waals surface area (Å²) in [4.78, 5) is 11.7. The van der Waals surface area contributed by atoms with E-state index in [0.717, 1.165) is 32.2 Å². The summed E-state index contributed by atoms with van der Waals surface area (Å²) >= 11 is 0. The normalized spacial score (nSPS) is 25.4. The molecule has 1 heterocycles. The van der Waals surface area contributed by atoms with E-state index in [2.05, 4.69) is 17.6 Å². The van der Waals surface area contributed by atoms with E-state index in [4.69, 9.17) is 4.74 Å². The second kappa shape index (κ2) is 6.24. The second-order valence-corrected chi connectivity index (χ2v) is 5.74. The Balaban J connectivity index is 2.44. The Morgan fingerprint density at radius 2 is 2.18 bits per heavy atom. The maximum absolute atomic E-state index is 11.7. The van der Waals surface area contributed by atoms with Crippen molar-refractivity contribution in [1.29, 1.82) is 0 Å². The van der Waals surface area contributed by atoms with Crippen molar-refractivity contribution in [3.8, 4) is 0 Å². The number of hydrogen-bond donors (Lipinski definition) is 2. The summed E-state index contributed by atoms with van der Waals surface area (Å²) in [6, 6.07) is 0.597. The van der Waals surface area contributed by atoms with Gasteiger partial charge in [0, 0.05) is 12.1 Å². The van der Waals surface area contributed by atoms with Crippen LogP contribution in [0.1, 0.15) is 53.4 Å². The predicted molar refractivity (Wildman–Crippen MR) is 69.1 cm³/mol. The van der Waals surface area contributed by atoms with E-state index in [1.165, 1.54) is 0 Å². The Morgan fingerprint density at radius 3 is 2.76 bits per heavy atom. The number of amides is 1. The van der Waals surface area contributed by atoms with Crippen LogP contribution in [0.5, 0.6) is 0 Å². The van der Waals surface area contributed by atoms with E-state index in [-0.39, 0.29) is 12.1 Å². The third-order valence-electron chi connectivity index (χ3n) is 2.89. The average Bonchev–Trinajstić information content (AvgIpc) is 2.18. The fourth-order valence-electron chi connectivity index (χ4n) is 2.20. The highest BCUT2D eigenvalue weighted by molar-refractivity contribution is 5.68. The molecular weight excluding hydrogens is 216 g/mol. The van der Waals surface area contributed by atoms with E-state index < -0.39 is 5.60 Å². The van der Waals surface area contributed by atoms with Gasteiger partial charge in [-0.3, -0.25) is 0 Å². The lowest BCUT2D eigenvalue weighted by atomic mass is 9.95. The van der Waals surface area contributed by atoms with Crippen molar-refractivity contribution in [3.05, 3.63) is 0 Å². The summed E-state index contributed by atoms with van der Waals surface area (Å²) in [7, 11) is 0. The number of piperidine rings is 1. The molecule has 1 saturated heterocycles. The predicted octanol–water partition coefficient (Wildman–Crippen LogP) is 2.43. The van der Waals surface area contributed by atoms with Crippen LogP contribution in [0, 0.1) is 0 Å². The number of ether oxygens (including phenoxy) is 1. The van der Waals surface area contributed by atoms with Gasteiger partial charge in [-0.1, -0.05) is 13.3 Å². The molecule has 2 atom stereocenters. The van der Waals surface area contributed by atoms with Crippen LogP contribution in [0.2, 0.25) is 0 Å². The van der Waals surface area contributed by atoms with E-state index in [0.29, 0.717) is 6.04 Å². The Hall–Kier alpha value is -0.770. The van der Waals surface area contributed by atoms with Crippen LogP contribution in [0.25, 0.3) is 0 Å². The molecule has 0 aliphatic carbocycles. The topological polar surface area (TPSA) is 50.4 Å². The van der Waals surface area contributed by atoms with Crippen molar-refractivity contribution < 1.29 is 9.53 Å². The van der Waals surface area contributed by atoms with Crippen molar-refractivity contribution in [3.63, 3.8) is 0 Å². The first-order chi connectivity index (χ1) is 7.92. The molecule has 0 aromatic rings.